The molecule has 1 aliphatic rings. The number of para-hydroxylation sites is 2. The van der Waals surface area contributed by atoms with Gasteiger partial charge in [0.15, 0.2) is 5.17 Å². The van der Waals surface area contributed by atoms with E-state index in [-0.39, 0.29) is 5.91 Å². The van der Waals surface area contributed by atoms with Crippen molar-refractivity contribution in [3.05, 3.63) is 60.2 Å². The van der Waals surface area contributed by atoms with Crippen molar-refractivity contribution in [1.29, 1.82) is 0 Å². The topological polar surface area (TPSA) is 44.7 Å². The molecule has 4 nitrogen and oxygen atoms in total. The Hall–Kier alpha value is -2.27. The second-order valence-corrected chi connectivity index (χ2v) is 7.02. The fourth-order valence-electron chi connectivity index (χ4n) is 2.75. The van der Waals surface area contributed by atoms with Gasteiger partial charge < -0.3 is 10.2 Å². The zero-order chi connectivity index (χ0) is 17.5. The summed E-state index contributed by atoms with van der Waals surface area (Å²) in [5.74, 6) is 0.357. The number of benzene rings is 2. The molecule has 1 saturated heterocycles. The van der Waals surface area contributed by atoms with Crippen LogP contribution in [0.15, 0.2) is 59.6 Å². The predicted octanol–water partition coefficient (Wildman–Crippen LogP) is 4.45. The maximum absolute atomic E-state index is 12.3. The minimum absolute atomic E-state index is 0.000686. The highest BCUT2D eigenvalue weighted by atomic mass is 32.2. The quantitative estimate of drug-likeness (QED) is 0.652. The number of thioether (sulfide) groups is 1. The number of amides is 1. The maximum Gasteiger partial charge on any atom is 0.234 e. The third-order valence-corrected chi connectivity index (χ3v) is 5.12. The maximum atomic E-state index is 12.3. The molecule has 1 amide bonds. The van der Waals surface area contributed by atoms with Crippen molar-refractivity contribution in [2.75, 3.05) is 24.2 Å². The Morgan fingerprint density at radius 1 is 1.08 bits per heavy atom. The van der Waals surface area contributed by atoms with Crippen LogP contribution >= 0.6 is 11.8 Å². The summed E-state index contributed by atoms with van der Waals surface area (Å²) in [6, 6.07) is 17.8. The van der Waals surface area contributed by atoms with Crippen molar-refractivity contribution in [1.82, 2.24) is 4.90 Å². The molecule has 1 fully saturated rings. The predicted molar refractivity (Wildman–Crippen MR) is 107 cm³/mol. The summed E-state index contributed by atoms with van der Waals surface area (Å²) in [5.41, 5.74) is 2.87. The molecule has 2 aromatic carbocycles. The van der Waals surface area contributed by atoms with E-state index in [1.54, 1.807) is 0 Å². The second-order valence-electron chi connectivity index (χ2n) is 6.08. The lowest BCUT2D eigenvalue weighted by Gasteiger charge is -2.19. The van der Waals surface area contributed by atoms with E-state index >= 15 is 0 Å². The Balaban J connectivity index is 1.65. The van der Waals surface area contributed by atoms with Crippen molar-refractivity contribution >= 4 is 34.2 Å². The number of likely N-dealkylation sites (tertiary alicyclic amines) is 1. The summed E-state index contributed by atoms with van der Waals surface area (Å²) >= 11 is 1.51. The minimum atomic E-state index is -0.000686. The molecule has 1 aliphatic heterocycles. The molecule has 1 heterocycles. The van der Waals surface area contributed by atoms with Gasteiger partial charge in [0.1, 0.15) is 0 Å². The summed E-state index contributed by atoms with van der Waals surface area (Å²) < 4.78 is 0. The normalized spacial score (nSPS) is 14.6. The Morgan fingerprint density at radius 3 is 2.48 bits per heavy atom. The van der Waals surface area contributed by atoms with E-state index in [0.717, 1.165) is 35.2 Å². The smallest absolute Gasteiger partial charge is 0.234 e. The molecule has 2 aromatic rings. The summed E-state index contributed by atoms with van der Waals surface area (Å²) in [6.45, 7) is 4.02. The number of carbonyl (C=O) groups excluding carboxylic acids is 1. The van der Waals surface area contributed by atoms with Gasteiger partial charge in [-0.25, -0.2) is 4.99 Å². The van der Waals surface area contributed by atoms with Crippen molar-refractivity contribution in [2.45, 2.75) is 19.8 Å². The highest BCUT2D eigenvalue weighted by molar-refractivity contribution is 8.14. The van der Waals surface area contributed by atoms with E-state index in [1.807, 2.05) is 61.5 Å². The number of aryl methyl sites for hydroxylation is 1. The largest absolute Gasteiger partial charge is 0.351 e. The van der Waals surface area contributed by atoms with Crippen LogP contribution in [0, 0.1) is 6.92 Å². The number of nitrogens with zero attached hydrogens (tertiary/aromatic N) is 2. The van der Waals surface area contributed by atoms with Crippen molar-refractivity contribution in [3.63, 3.8) is 0 Å². The van der Waals surface area contributed by atoms with E-state index in [9.17, 15) is 4.79 Å². The van der Waals surface area contributed by atoms with E-state index in [0.29, 0.717) is 5.75 Å². The van der Waals surface area contributed by atoms with Gasteiger partial charge in [0.05, 0.1) is 11.4 Å². The third kappa shape index (κ3) is 5.10. The summed E-state index contributed by atoms with van der Waals surface area (Å²) in [5, 5.41) is 3.92. The molecule has 0 aromatic heterocycles. The number of aliphatic imine (C=N–C) groups is 1. The molecule has 0 unspecified atom stereocenters. The number of rotatable bonds is 4. The van der Waals surface area contributed by atoms with Crippen LogP contribution in [0.5, 0.6) is 0 Å². The summed E-state index contributed by atoms with van der Waals surface area (Å²) in [7, 11) is 0. The van der Waals surface area contributed by atoms with Crippen LogP contribution < -0.4 is 5.32 Å². The lowest BCUT2D eigenvalue weighted by Crippen LogP contribution is -2.27. The van der Waals surface area contributed by atoms with Crippen LogP contribution in [-0.4, -0.2) is 34.8 Å². The van der Waals surface area contributed by atoms with Crippen LogP contribution in [0.1, 0.15) is 18.4 Å². The van der Waals surface area contributed by atoms with Gasteiger partial charge in [0.25, 0.3) is 0 Å². The molecule has 25 heavy (non-hydrogen) atoms. The van der Waals surface area contributed by atoms with E-state index in [1.165, 1.54) is 24.6 Å². The zero-order valence-corrected chi connectivity index (χ0v) is 15.3. The number of nitrogens with one attached hydrogen (secondary N) is 1. The first-order chi connectivity index (χ1) is 12.2. The first kappa shape index (κ1) is 17.5. The Bertz CT molecular complexity index is 740. The zero-order valence-electron chi connectivity index (χ0n) is 14.4. The first-order valence-electron chi connectivity index (χ1n) is 8.59. The number of hydrogen-bond acceptors (Lipinski definition) is 3. The number of hydrogen-bond donors (Lipinski definition) is 1. The molecule has 0 atom stereocenters. The van der Waals surface area contributed by atoms with Gasteiger partial charge in [-0.3, -0.25) is 4.79 Å². The molecule has 0 bridgehead atoms. The molecular weight excluding hydrogens is 330 g/mol. The monoisotopic (exact) mass is 353 g/mol. The molecule has 0 aliphatic carbocycles. The molecule has 1 N–H and O–H groups in total. The van der Waals surface area contributed by atoms with Gasteiger partial charge in [-0.1, -0.05) is 48.2 Å². The van der Waals surface area contributed by atoms with E-state index < -0.39 is 0 Å². The van der Waals surface area contributed by atoms with Crippen LogP contribution in [0.4, 0.5) is 11.4 Å². The van der Waals surface area contributed by atoms with Gasteiger partial charge in [0, 0.05) is 18.8 Å². The number of amidine groups is 1. The van der Waals surface area contributed by atoms with Gasteiger partial charge in [-0.05, 0) is 43.5 Å². The molecule has 3 rings (SSSR count). The second kappa shape index (κ2) is 8.72. The minimum Gasteiger partial charge on any atom is -0.351 e. The average molecular weight is 353 g/mol. The highest BCUT2D eigenvalue weighted by Crippen LogP contribution is 2.21. The number of carbonyl (C=O) groups is 1. The van der Waals surface area contributed by atoms with Crippen molar-refractivity contribution in [3.8, 4) is 0 Å². The lowest BCUT2D eigenvalue weighted by molar-refractivity contribution is -0.113. The first-order valence-corrected chi connectivity index (χ1v) is 9.58. The van der Waals surface area contributed by atoms with E-state index in [4.69, 9.17) is 4.99 Å². The van der Waals surface area contributed by atoms with Gasteiger partial charge in [-0.2, -0.15) is 0 Å². The SMILES string of the molecule is Cc1ccccc1NC(=O)CSC(=Nc1ccccc1)N1CCCC1. The molecule has 130 valence electrons. The standard InChI is InChI=1S/C20H23N3OS/c1-16-9-5-6-12-18(16)22-19(24)15-25-20(23-13-7-8-14-23)21-17-10-3-2-4-11-17/h2-6,9-12H,7-8,13-15H2,1H3,(H,22,24). The number of anilines is 1. The van der Waals surface area contributed by atoms with Crippen LogP contribution in [-0.2, 0) is 4.79 Å². The van der Waals surface area contributed by atoms with E-state index in [2.05, 4.69) is 10.2 Å². The fraction of sp³-hybridized carbons (Fsp3) is 0.300. The molecular formula is C20H23N3OS. The van der Waals surface area contributed by atoms with Gasteiger partial charge in [-0.15, -0.1) is 0 Å². The Morgan fingerprint density at radius 2 is 1.76 bits per heavy atom. The molecule has 0 spiro atoms. The Kier molecular flexibility index (Phi) is 6.12. The van der Waals surface area contributed by atoms with Crippen LogP contribution in [0.3, 0.4) is 0 Å². The highest BCUT2D eigenvalue weighted by Gasteiger charge is 2.18. The molecule has 0 saturated carbocycles. The molecule has 5 heteroatoms. The summed E-state index contributed by atoms with van der Waals surface area (Å²) in [6.07, 6.45) is 2.37. The fourth-order valence-corrected chi connectivity index (χ4v) is 3.61. The van der Waals surface area contributed by atoms with Gasteiger partial charge in [0.2, 0.25) is 5.91 Å². The molecule has 0 radical (unpaired) electrons. The van der Waals surface area contributed by atoms with Gasteiger partial charge >= 0.3 is 0 Å². The third-order valence-electron chi connectivity index (χ3n) is 4.11. The van der Waals surface area contributed by atoms with Crippen LogP contribution in [0.25, 0.3) is 0 Å². The average Bonchev–Trinajstić information content (AvgIpc) is 3.16. The van der Waals surface area contributed by atoms with Crippen molar-refractivity contribution in [2.24, 2.45) is 4.99 Å². The lowest BCUT2D eigenvalue weighted by atomic mass is 10.2. The van der Waals surface area contributed by atoms with Crippen molar-refractivity contribution < 1.29 is 4.79 Å². The summed E-state index contributed by atoms with van der Waals surface area (Å²) in [4.78, 5) is 19.4. The Labute approximate surface area is 153 Å². The van der Waals surface area contributed by atoms with Crippen LogP contribution in [0.2, 0.25) is 0 Å².